The van der Waals surface area contributed by atoms with E-state index < -0.39 is 10.9 Å². The summed E-state index contributed by atoms with van der Waals surface area (Å²) in [7, 11) is 1.22. The van der Waals surface area contributed by atoms with Crippen molar-refractivity contribution in [1.82, 2.24) is 9.78 Å². The van der Waals surface area contributed by atoms with Crippen LogP contribution in [0.25, 0.3) is 0 Å². The zero-order valence-corrected chi connectivity index (χ0v) is 13.3. The molecule has 0 N–H and O–H groups in total. The Balaban J connectivity index is 1.78. The summed E-state index contributed by atoms with van der Waals surface area (Å²) < 4.78 is 6.63. The van der Waals surface area contributed by atoms with Crippen molar-refractivity contribution >= 4 is 17.3 Å². The molecule has 0 aliphatic carbocycles. The van der Waals surface area contributed by atoms with Gasteiger partial charge in [0.1, 0.15) is 5.56 Å². The molecule has 126 valence electrons. The fourth-order valence-electron chi connectivity index (χ4n) is 3.04. The van der Waals surface area contributed by atoms with Gasteiger partial charge in [0.15, 0.2) is 0 Å². The number of nitrogens with zero attached hydrogens (tertiary/aromatic N) is 4. The Morgan fingerprint density at radius 3 is 2.71 bits per heavy atom. The number of anilines is 1. The molecule has 0 saturated carbocycles. The van der Waals surface area contributed by atoms with E-state index in [0.29, 0.717) is 6.04 Å². The number of hydrogen-bond donors (Lipinski definition) is 0. The van der Waals surface area contributed by atoms with Crippen LogP contribution < -0.4 is 4.90 Å². The minimum atomic E-state index is -0.699. The number of rotatable bonds is 4. The van der Waals surface area contributed by atoms with Gasteiger partial charge in [-0.05, 0) is 31.0 Å². The zero-order chi connectivity index (χ0) is 17.1. The van der Waals surface area contributed by atoms with Gasteiger partial charge >= 0.3 is 5.97 Å². The number of hydrogen-bond acceptors (Lipinski definition) is 6. The van der Waals surface area contributed by atoms with Crippen molar-refractivity contribution in [3.63, 3.8) is 0 Å². The Morgan fingerprint density at radius 1 is 1.38 bits per heavy atom. The lowest BCUT2D eigenvalue weighted by Crippen LogP contribution is -2.34. The van der Waals surface area contributed by atoms with E-state index in [1.54, 1.807) is 12.3 Å². The molecular formula is C16H18N4O4. The van der Waals surface area contributed by atoms with Crippen molar-refractivity contribution in [3.8, 4) is 0 Å². The van der Waals surface area contributed by atoms with Gasteiger partial charge in [0, 0.05) is 37.2 Å². The van der Waals surface area contributed by atoms with Crippen molar-refractivity contribution in [1.29, 1.82) is 0 Å². The van der Waals surface area contributed by atoms with Crippen LogP contribution in [-0.2, 0) is 4.74 Å². The summed E-state index contributed by atoms with van der Waals surface area (Å²) in [5.74, 6) is -0.699. The van der Waals surface area contributed by atoms with Gasteiger partial charge in [0.2, 0.25) is 0 Å². The van der Waals surface area contributed by atoms with E-state index in [2.05, 4.69) is 14.7 Å². The third-order valence-electron chi connectivity index (χ3n) is 4.31. The van der Waals surface area contributed by atoms with Crippen LogP contribution in [-0.4, -0.2) is 40.9 Å². The van der Waals surface area contributed by atoms with Crippen LogP contribution in [0.4, 0.5) is 11.4 Å². The van der Waals surface area contributed by atoms with Gasteiger partial charge < -0.3 is 9.64 Å². The Hall–Kier alpha value is -2.90. The molecule has 8 nitrogen and oxygen atoms in total. The normalized spacial score (nSPS) is 15.3. The first-order chi connectivity index (χ1) is 11.6. The monoisotopic (exact) mass is 330 g/mol. The first-order valence-corrected chi connectivity index (χ1v) is 7.71. The molecule has 1 aliphatic rings. The van der Waals surface area contributed by atoms with E-state index in [-0.39, 0.29) is 11.3 Å². The van der Waals surface area contributed by atoms with E-state index in [1.807, 2.05) is 16.9 Å². The van der Waals surface area contributed by atoms with E-state index in [9.17, 15) is 14.9 Å². The lowest BCUT2D eigenvalue weighted by Gasteiger charge is -2.33. The highest BCUT2D eigenvalue weighted by Gasteiger charge is 2.25. The number of nitro benzene ring substituents is 1. The second-order valence-corrected chi connectivity index (χ2v) is 5.65. The van der Waals surface area contributed by atoms with Gasteiger partial charge in [0.25, 0.3) is 5.69 Å². The summed E-state index contributed by atoms with van der Waals surface area (Å²) in [4.78, 5) is 24.5. The molecule has 0 spiro atoms. The topological polar surface area (TPSA) is 90.5 Å². The number of esters is 1. The van der Waals surface area contributed by atoms with Crippen LogP contribution in [0, 0.1) is 10.1 Å². The van der Waals surface area contributed by atoms with Gasteiger partial charge in [-0.25, -0.2) is 4.79 Å². The molecule has 1 fully saturated rings. The van der Waals surface area contributed by atoms with Crippen molar-refractivity contribution in [3.05, 3.63) is 52.3 Å². The van der Waals surface area contributed by atoms with E-state index in [1.165, 1.54) is 19.2 Å². The minimum Gasteiger partial charge on any atom is -0.465 e. The molecule has 1 saturated heterocycles. The maximum Gasteiger partial charge on any atom is 0.344 e. The standard InChI is InChI=1S/C16H18N4O4/c1-24-16(21)14-11-13(3-4-15(14)20(22)23)18-9-5-12(6-10-18)19-8-2-7-17-19/h2-4,7-8,11-12H,5-6,9-10H2,1H3. The van der Waals surface area contributed by atoms with E-state index in [4.69, 9.17) is 0 Å². The molecule has 1 aliphatic heterocycles. The molecule has 0 radical (unpaired) electrons. The number of nitro groups is 1. The summed E-state index contributed by atoms with van der Waals surface area (Å²) in [6, 6.07) is 6.85. The Bertz CT molecular complexity index is 737. The summed E-state index contributed by atoms with van der Waals surface area (Å²) in [5.41, 5.74) is 0.533. The largest absolute Gasteiger partial charge is 0.465 e. The second-order valence-electron chi connectivity index (χ2n) is 5.65. The average Bonchev–Trinajstić information content (AvgIpc) is 3.15. The molecule has 0 amide bonds. The molecule has 0 unspecified atom stereocenters. The molecule has 2 aromatic rings. The SMILES string of the molecule is COC(=O)c1cc(N2CCC(n3cccn3)CC2)ccc1[N+](=O)[O-]. The van der Waals surface area contributed by atoms with Crippen LogP contribution >= 0.6 is 0 Å². The molecule has 1 aromatic heterocycles. The minimum absolute atomic E-state index is 0.0193. The van der Waals surface area contributed by atoms with Crippen LogP contribution in [0.2, 0.25) is 0 Å². The number of aromatic nitrogens is 2. The van der Waals surface area contributed by atoms with Crippen molar-refractivity contribution in [2.45, 2.75) is 18.9 Å². The molecule has 3 rings (SSSR count). The van der Waals surface area contributed by atoms with Crippen LogP contribution in [0.15, 0.2) is 36.7 Å². The van der Waals surface area contributed by atoms with Crippen LogP contribution in [0.5, 0.6) is 0 Å². The summed E-state index contributed by atoms with van der Waals surface area (Å²) >= 11 is 0. The summed E-state index contributed by atoms with van der Waals surface area (Å²) in [6.45, 7) is 1.59. The molecular weight excluding hydrogens is 312 g/mol. The molecule has 0 atom stereocenters. The summed E-state index contributed by atoms with van der Waals surface area (Å²) in [5, 5.41) is 15.4. The number of carbonyl (C=O) groups is 1. The first kappa shape index (κ1) is 16.0. The average molecular weight is 330 g/mol. The second kappa shape index (κ2) is 6.69. The van der Waals surface area contributed by atoms with Gasteiger partial charge in [-0.1, -0.05) is 0 Å². The third-order valence-corrected chi connectivity index (χ3v) is 4.31. The van der Waals surface area contributed by atoms with Gasteiger partial charge in [0.05, 0.1) is 18.1 Å². The lowest BCUT2D eigenvalue weighted by molar-refractivity contribution is -0.385. The predicted molar refractivity (Wildman–Crippen MR) is 87.1 cm³/mol. The fourth-order valence-corrected chi connectivity index (χ4v) is 3.04. The van der Waals surface area contributed by atoms with Gasteiger partial charge in [-0.2, -0.15) is 5.10 Å². The number of carbonyl (C=O) groups excluding carboxylic acids is 1. The first-order valence-electron chi connectivity index (χ1n) is 7.71. The maximum atomic E-state index is 11.8. The number of benzene rings is 1. The maximum absolute atomic E-state index is 11.8. The highest BCUT2D eigenvalue weighted by molar-refractivity contribution is 5.95. The molecule has 1 aromatic carbocycles. The Kier molecular flexibility index (Phi) is 4.45. The molecule has 2 heterocycles. The highest BCUT2D eigenvalue weighted by atomic mass is 16.6. The van der Waals surface area contributed by atoms with E-state index >= 15 is 0 Å². The number of ether oxygens (including phenoxy) is 1. The summed E-state index contributed by atoms with van der Waals surface area (Å²) in [6.07, 6.45) is 5.57. The molecule has 0 bridgehead atoms. The van der Waals surface area contributed by atoms with Gasteiger partial charge in [-0.3, -0.25) is 14.8 Å². The molecule has 8 heteroatoms. The van der Waals surface area contributed by atoms with E-state index in [0.717, 1.165) is 31.6 Å². The lowest BCUT2D eigenvalue weighted by atomic mass is 10.0. The zero-order valence-electron chi connectivity index (χ0n) is 13.3. The quantitative estimate of drug-likeness (QED) is 0.486. The van der Waals surface area contributed by atoms with Crippen molar-refractivity contribution in [2.75, 3.05) is 25.1 Å². The van der Waals surface area contributed by atoms with Gasteiger partial charge in [-0.15, -0.1) is 0 Å². The van der Waals surface area contributed by atoms with Crippen LogP contribution in [0.3, 0.4) is 0 Å². The van der Waals surface area contributed by atoms with Crippen LogP contribution in [0.1, 0.15) is 29.2 Å². The third kappa shape index (κ3) is 3.08. The predicted octanol–water partition coefficient (Wildman–Crippen LogP) is 2.42. The Labute approximate surface area is 138 Å². The van der Waals surface area contributed by atoms with Crippen molar-refractivity contribution < 1.29 is 14.5 Å². The smallest absolute Gasteiger partial charge is 0.344 e. The highest BCUT2D eigenvalue weighted by Crippen LogP contribution is 2.30. The Morgan fingerprint density at radius 2 is 2.12 bits per heavy atom. The molecule has 24 heavy (non-hydrogen) atoms. The van der Waals surface area contributed by atoms with Crippen molar-refractivity contribution in [2.24, 2.45) is 0 Å². The number of piperidine rings is 1. The number of methoxy groups -OCH3 is 1. The fraction of sp³-hybridized carbons (Fsp3) is 0.375.